The predicted octanol–water partition coefficient (Wildman–Crippen LogP) is 23.1. The van der Waals surface area contributed by atoms with E-state index in [4.69, 9.17) is 14.2 Å². The van der Waals surface area contributed by atoms with Gasteiger partial charge in [-0.05, 0) is 109 Å². The summed E-state index contributed by atoms with van der Waals surface area (Å²) in [5, 5.41) is 0. The quantitative estimate of drug-likeness (QED) is 0.0261. The molecular weight excluding hydrogens is 961 g/mol. The maximum absolute atomic E-state index is 12.9. The van der Waals surface area contributed by atoms with Gasteiger partial charge in [0.05, 0.1) is 0 Å². The predicted molar refractivity (Wildman–Crippen MR) is 339 cm³/mol. The molecule has 1 atom stereocenters. The molecule has 0 aromatic rings. The Bertz CT molecular complexity index is 1480. The largest absolute Gasteiger partial charge is 0.462 e. The molecule has 78 heavy (non-hydrogen) atoms. The number of hydrogen-bond donors (Lipinski definition) is 0. The summed E-state index contributed by atoms with van der Waals surface area (Å²) < 4.78 is 16.9. The van der Waals surface area contributed by atoms with Gasteiger partial charge in [-0.3, -0.25) is 14.4 Å². The SMILES string of the molecule is CC/C=C\C/C=C\C/C=C\C/C=C\CCCCCCCCCCCCCCCCCCCCCCC(=O)OCC(COC(=O)CCCCCCC/C=C\C/C=C\CCC)OC(=O)CCCCCCC/C=C\CCCCCCC. The van der Waals surface area contributed by atoms with Crippen molar-refractivity contribution >= 4 is 17.9 Å². The fourth-order valence-corrected chi connectivity index (χ4v) is 9.59. The van der Waals surface area contributed by atoms with Crippen molar-refractivity contribution in [3.63, 3.8) is 0 Å². The molecule has 0 spiro atoms. The maximum atomic E-state index is 12.9. The first-order valence-corrected chi connectivity index (χ1v) is 33.6. The Kier molecular flexibility index (Phi) is 63.2. The van der Waals surface area contributed by atoms with Gasteiger partial charge in [0.15, 0.2) is 6.10 Å². The van der Waals surface area contributed by atoms with E-state index in [1.165, 1.54) is 173 Å². The van der Waals surface area contributed by atoms with Gasteiger partial charge < -0.3 is 14.2 Å². The first-order valence-electron chi connectivity index (χ1n) is 33.6. The summed E-state index contributed by atoms with van der Waals surface area (Å²) in [5.74, 6) is -0.889. The van der Waals surface area contributed by atoms with Gasteiger partial charge in [0.1, 0.15) is 13.2 Å². The van der Waals surface area contributed by atoms with Gasteiger partial charge in [-0.25, -0.2) is 0 Å². The molecule has 0 aliphatic heterocycles. The van der Waals surface area contributed by atoms with Crippen molar-refractivity contribution in [1.29, 1.82) is 0 Å². The molecule has 0 amide bonds. The van der Waals surface area contributed by atoms with E-state index in [9.17, 15) is 14.4 Å². The van der Waals surface area contributed by atoms with Crippen LogP contribution < -0.4 is 0 Å². The van der Waals surface area contributed by atoms with Crippen LogP contribution in [0.1, 0.15) is 335 Å². The lowest BCUT2D eigenvalue weighted by Gasteiger charge is -2.18. The average Bonchev–Trinajstić information content (AvgIpc) is 3.44. The van der Waals surface area contributed by atoms with Gasteiger partial charge in [-0.15, -0.1) is 0 Å². The van der Waals surface area contributed by atoms with E-state index in [1.54, 1.807) is 0 Å². The van der Waals surface area contributed by atoms with Crippen LogP contribution in [-0.4, -0.2) is 37.2 Å². The molecule has 0 aromatic heterocycles. The lowest BCUT2D eigenvalue weighted by molar-refractivity contribution is -0.167. The molecule has 0 heterocycles. The van der Waals surface area contributed by atoms with Crippen molar-refractivity contribution in [3.8, 4) is 0 Å². The number of carbonyl (C=O) groups excluding carboxylic acids is 3. The number of carbonyl (C=O) groups is 3. The van der Waals surface area contributed by atoms with E-state index in [1.807, 2.05) is 0 Å². The van der Waals surface area contributed by atoms with E-state index in [0.717, 1.165) is 122 Å². The normalized spacial score (nSPS) is 12.6. The molecule has 0 aromatic carbocycles. The minimum atomic E-state index is -0.784. The molecule has 0 aliphatic rings. The Labute approximate surface area is 484 Å². The van der Waals surface area contributed by atoms with Crippen LogP contribution in [0, 0.1) is 0 Å². The molecule has 6 heteroatoms. The van der Waals surface area contributed by atoms with Crippen LogP contribution in [0.5, 0.6) is 0 Å². The average molecular weight is 1090 g/mol. The summed E-state index contributed by atoms with van der Waals surface area (Å²) in [5.41, 5.74) is 0. The smallest absolute Gasteiger partial charge is 0.306 e. The number of unbranched alkanes of at least 4 members (excludes halogenated alkanes) is 36. The number of ether oxygens (including phenoxy) is 3. The van der Waals surface area contributed by atoms with Crippen LogP contribution in [0.25, 0.3) is 0 Å². The van der Waals surface area contributed by atoms with Crippen LogP contribution in [0.3, 0.4) is 0 Å². The maximum Gasteiger partial charge on any atom is 0.306 e. The van der Waals surface area contributed by atoms with Crippen LogP contribution >= 0.6 is 0 Å². The van der Waals surface area contributed by atoms with Gasteiger partial charge in [-0.2, -0.15) is 0 Å². The summed E-state index contributed by atoms with van der Waals surface area (Å²) in [7, 11) is 0. The second-order valence-corrected chi connectivity index (χ2v) is 22.3. The summed E-state index contributed by atoms with van der Waals surface area (Å²) in [6.07, 6.45) is 87.6. The number of allylic oxidation sites excluding steroid dienone is 14. The van der Waals surface area contributed by atoms with Crippen molar-refractivity contribution in [2.45, 2.75) is 341 Å². The van der Waals surface area contributed by atoms with Crippen molar-refractivity contribution in [1.82, 2.24) is 0 Å². The highest BCUT2D eigenvalue weighted by Gasteiger charge is 2.19. The van der Waals surface area contributed by atoms with Crippen molar-refractivity contribution in [2.75, 3.05) is 13.2 Å². The topological polar surface area (TPSA) is 78.9 Å². The molecule has 0 saturated heterocycles. The van der Waals surface area contributed by atoms with E-state index in [-0.39, 0.29) is 31.1 Å². The van der Waals surface area contributed by atoms with Crippen molar-refractivity contribution in [3.05, 3.63) is 85.1 Å². The second kappa shape index (κ2) is 66.1. The Morgan fingerprint density at radius 2 is 0.526 bits per heavy atom. The summed E-state index contributed by atoms with van der Waals surface area (Å²) in [4.78, 5) is 38.3. The lowest BCUT2D eigenvalue weighted by Crippen LogP contribution is -2.30. The lowest BCUT2D eigenvalue weighted by atomic mass is 10.0. The fourth-order valence-electron chi connectivity index (χ4n) is 9.59. The van der Waals surface area contributed by atoms with Gasteiger partial charge in [0.25, 0.3) is 0 Å². The van der Waals surface area contributed by atoms with Crippen LogP contribution in [-0.2, 0) is 28.6 Å². The molecule has 0 fully saturated rings. The summed E-state index contributed by atoms with van der Waals surface area (Å²) in [6, 6.07) is 0. The van der Waals surface area contributed by atoms with Crippen molar-refractivity contribution in [2.24, 2.45) is 0 Å². The Hall–Kier alpha value is -3.41. The number of esters is 3. The van der Waals surface area contributed by atoms with E-state index >= 15 is 0 Å². The highest BCUT2D eigenvalue weighted by molar-refractivity contribution is 5.71. The molecule has 0 rings (SSSR count). The molecule has 6 nitrogen and oxygen atoms in total. The van der Waals surface area contributed by atoms with Gasteiger partial charge in [0.2, 0.25) is 0 Å². The Morgan fingerprint density at radius 3 is 0.846 bits per heavy atom. The number of hydrogen-bond acceptors (Lipinski definition) is 6. The van der Waals surface area contributed by atoms with Crippen LogP contribution in [0.2, 0.25) is 0 Å². The zero-order valence-electron chi connectivity index (χ0n) is 51.7. The third-order valence-corrected chi connectivity index (χ3v) is 14.6. The third kappa shape index (κ3) is 63.4. The molecule has 0 N–H and O–H groups in total. The number of rotatable bonds is 61. The standard InChI is InChI=1S/C72H126O6/c1-4-7-10-13-16-19-22-25-27-28-29-30-31-32-33-34-35-36-37-38-39-40-41-42-43-44-45-48-50-53-56-59-62-65-71(74)77-68-69(67-76-70(73)64-61-58-55-52-49-46-24-21-18-15-12-9-6-3)78-72(75)66-63-60-57-54-51-47-26-23-20-17-14-11-8-5-2/h7,10,12,15-16,19,21,23-27,29-30,69H,4-6,8-9,11,13-14,17-18,20,22,28,31-68H2,1-3H3/b10-7-,15-12-,19-16-,24-21-,26-23-,27-25-,30-29-. The van der Waals surface area contributed by atoms with E-state index in [0.29, 0.717) is 19.3 Å². The fraction of sp³-hybridized carbons (Fsp3) is 0.764. The molecule has 0 radical (unpaired) electrons. The van der Waals surface area contributed by atoms with Crippen LogP contribution in [0.4, 0.5) is 0 Å². The molecular formula is C72H126O6. The molecule has 450 valence electrons. The second-order valence-electron chi connectivity index (χ2n) is 22.3. The zero-order chi connectivity index (χ0) is 56.4. The minimum Gasteiger partial charge on any atom is -0.462 e. The van der Waals surface area contributed by atoms with E-state index < -0.39 is 6.10 Å². The van der Waals surface area contributed by atoms with Gasteiger partial charge >= 0.3 is 17.9 Å². The third-order valence-electron chi connectivity index (χ3n) is 14.6. The van der Waals surface area contributed by atoms with Gasteiger partial charge in [-0.1, -0.05) is 292 Å². The van der Waals surface area contributed by atoms with E-state index in [2.05, 4.69) is 106 Å². The van der Waals surface area contributed by atoms with Crippen molar-refractivity contribution < 1.29 is 28.6 Å². The zero-order valence-corrected chi connectivity index (χ0v) is 51.7. The highest BCUT2D eigenvalue weighted by Crippen LogP contribution is 2.17. The molecule has 0 bridgehead atoms. The molecule has 0 aliphatic carbocycles. The molecule has 1 unspecified atom stereocenters. The monoisotopic (exact) mass is 1090 g/mol. The summed E-state index contributed by atoms with van der Waals surface area (Å²) in [6.45, 7) is 6.47. The van der Waals surface area contributed by atoms with Gasteiger partial charge in [0, 0.05) is 19.3 Å². The summed E-state index contributed by atoms with van der Waals surface area (Å²) >= 11 is 0. The Balaban J connectivity index is 4.11. The first-order chi connectivity index (χ1) is 38.5. The molecule has 0 saturated carbocycles. The van der Waals surface area contributed by atoms with Crippen LogP contribution in [0.15, 0.2) is 85.1 Å². The minimum absolute atomic E-state index is 0.0805. The first kappa shape index (κ1) is 74.6. The highest BCUT2D eigenvalue weighted by atomic mass is 16.6. The Morgan fingerprint density at radius 1 is 0.269 bits per heavy atom.